The van der Waals surface area contributed by atoms with Gasteiger partial charge in [-0.05, 0) is 18.2 Å². The number of methoxy groups -OCH3 is 1. The lowest BCUT2D eigenvalue weighted by molar-refractivity contribution is 0.0993. The highest BCUT2D eigenvalue weighted by Crippen LogP contribution is 2.29. The van der Waals surface area contributed by atoms with E-state index in [1.54, 1.807) is 29.0 Å². The maximum atomic E-state index is 12.5. The third-order valence-electron chi connectivity index (χ3n) is 4.76. The number of ether oxygens (including phenoxy) is 2. The minimum atomic E-state index is -0.552. The number of pyridine rings is 1. The van der Waals surface area contributed by atoms with Gasteiger partial charge in [0.2, 0.25) is 5.82 Å². The Morgan fingerprint density at radius 2 is 2.16 bits per heavy atom. The number of para-hydroxylation sites is 1. The number of hydrogen-bond acceptors (Lipinski definition) is 7. The number of carbonyl (C=O) groups is 1. The van der Waals surface area contributed by atoms with Gasteiger partial charge in [-0.2, -0.15) is 0 Å². The maximum absolute atomic E-state index is 12.5. The normalized spacial score (nSPS) is 16.0. The molecule has 0 N–H and O–H groups in total. The van der Waals surface area contributed by atoms with Gasteiger partial charge in [0.25, 0.3) is 0 Å². The van der Waals surface area contributed by atoms with E-state index in [1.165, 1.54) is 12.5 Å². The Morgan fingerprint density at radius 3 is 3.00 bits per heavy atom. The van der Waals surface area contributed by atoms with Crippen LogP contribution in [-0.4, -0.2) is 57.6 Å². The number of rotatable bonds is 5. The molecular weight excluding hydrogens is 416 g/mol. The molecule has 0 spiro atoms. The van der Waals surface area contributed by atoms with E-state index in [4.69, 9.17) is 21.7 Å². The first kappa shape index (κ1) is 20.6. The third kappa shape index (κ3) is 4.43. The lowest BCUT2D eigenvalue weighted by Crippen LogP contribution is -2.33. The van der Waals surface area contributed by atoms with Crippen LogP contribution in [0.15, 0.2) is 53.9 Å². The SMILES string of the molecule is COc1ccccc1Cn1cnc(C(=O)N=C[C@H]2COc3cccnc3N(C)C2=S)n1. The standard InChI is InChI=1S/C21H20N6O3S/c1-26-19-17(8-5-9-22-19)30-12-15(21(26)31)10-23-20(28)18-24-13-27(25-18)11-14-6-3-4-7-16(14)29-2/h3-10,13,15H,11-12H2,1-2H3/t15-/m0/s1. The highest BCUT2D eigenvalue weighted by atomic mass is 32.1. The van der Waals surface area contributed by atoms with Crippen LogP contribution in [0.2, 0.25) is 0 Å². The number of aliphatic imine (C=N–C) groups is 1. The Morgan fingerprint density at radius 1 is 1.32 bits per heavy atom. The van der Waals surface area contributed by atoms with Crippen molar-refractivity contribution in [3.63, 3.8) is 0 Å². The van der Waals surface area contributed by atoms with E-state index in [9.17, 15) is 4.79 Å². The molecule has 10 heteroatoms. The van der Waals surface area contributed by atoms with Gasteiger partial charge in [0.05, 0.1) is 24.6 Å². The van der Waals surface area contributed by atoms with Crippen LogP contribution in [0.4, 0.5) is 5.82 Å². The zero-order valence-electron chi connectivity index (χ0n) is 17.0. The maximum Gasteiger partial charge on any atom is 0.316 e. The summed E-state index contributed by atoms with van der Waals surface area (Å²) < 4.78 is 12.7. The number of thiocarbonyl (C=S) groups is 1. The second kappa shape index (κ2) is 9.00. The quantitative estimate of drug-likeness (QED) is 0.445. The molecule has 0 unspecified atom stereocenters. The van der Waals surface area contributed by atoms with E-state index in [2.05, 4.69) is 20.1 Å². The van der Waals surface area contributed by atoms with Crippen molar-refractivity contribution in [2.45, 2.75) is 6.54 Å². The van der Waals surface area contributed by atoms with E-state index in [0.717, 1.165) is 11.3 Å². The molecule has 0 saturated carbocycles. The van der Waals surface area contributed by atoms with Gasteiger partial charge in [-0.3, -0.25) is 4.79 Å². The number of fused-ring (bicyclic) bond motifs is 1. The summed E-state index contributed by atoms with van der Waals surface area (Å²) in [4.78, 5) is 27.2. The van der Waals surface area contributed by atoms with Crippen molar-refractivity contribution in [2.24, 2.45) is 10.9 Å². The Kier molecular flexibility index (Phi) is 5.99. The van der Waals surface area contributed by atoms with Gasteiger partial charge in [-0.25, -0.2) is 19.6 Å². The van der Waals surface area contributed by atoms with Crippen LogP contribution in [0.25, 0.3) is 0 Å². The number of hydrogen-bond donors (Lipinski definition) is 0. The van der Waals surface area contributed by atoms with E-state index < -0.39 is 5.91 Å². The van der Waals surface area contributed by atoms with Crippen molar-refractivity contribution < 1.29 is 14.3 Å². The van der Waals surface area contributed by atoms with Crippen molar-refractivity contribution in [3.8, 4) is 11.5 Å². The van der Waals surface area contributed by atoms with Gasteiger partial charge >= 0.3 is 5.91 Å². The summed E-state index contributed by atoms with van der Waals surface area (Å²) in [6.45, 7) is 0.679. The summed E-state index contributed by atoms with van der Waals surface area (Å²) in [5.41, 5.74) is 0.926. The van der Waals surface area contributed by atoms with Crippen molar-refractivity contribution >= 4 is 35.1 Å². The van der Waals surface area contributed by atoms with Crippen LogP contribution in [0.5, 0.6) is 11.5 Å². The van der Waals surface area contributed by atoms with Crippen LogP contribution in [0.3, 0.4) is 0 Å². The fraction of sp³-hybridized carbons (Fsp3) is 0.238. The first-order valence-corrected chi connectivity index (χ1v) is 9.93. The molecule has 1 amide bonds. The van der Waals surface area contributed by atoms with E-state index in [1.807, 2.05) is 37.4 Å². The van der Waals surface area contributed by atoms with Gasteiger partial charge in [0.15, 0.2) is 11.6 Å². The lowest BCUT2D eigenvalue weighted by Gasteiger charge is -2.19. The molecule has 4 rings (SSSR count). The Hall–Kier alpha value is -3.66. The number of aromatic nitrogens is 4. The van der Waals surface area contributed by atoms with Gasteiger partial charge in [0, 0.05) is 25.0 Å². The van der Waals surface area contributed by atoms with Crippen molar-refractivity contribution in [3.05, 3.63) is 60.3 Å². The summed E-state index contributed by atoms with van der Waals surface area (Å²) in [5.74, 6) is 1.09. The molecule has 0 bridgehead atoms. The molecule has 0 fully saturated rings. The molecule has 9 nitrogen and oxygen atoms in total. The Balaban J connectivity index is 1.45. The van der Waals surface area contributed by atoms with Crippen LogP contribution >= 0.6 is 12.2 Å². The Bertz CT molecular complexity index is 1150. The molecule has 1 aliphatic rings. The molecule has 0 radical (unpaired) electrons. The van der Waals surface area contributed by atoms with Gasteiger partial charge in [0.1, 0.15) is 18.7 Å². The number of nitrogens with zero attached hydrogens (tertiary/aromatic N) is 6. The smallest absolute Gasteiger partial charge is 0.316 e. The topological polar surface area (TPSA) is 94.7 Å². The summed E-state index contributed by atoms with van der Waals surface area (Å²) in [5, 5.41) is 4.23. The molecule has 31 heavy (non-hydrogen) atoms. The summed E-state index contributed by atoms with van der Waals surface area (Å²) in [6, 6.07) is 11.2. The zero-order chi connectivity index (χ0) is 21.8. The van der Waals surface area contributed by atoms with E-state index in [0.29, 0.717) is 23.1 Å². The molecule has 1 aromatic carbocycles. The first-order valence-electron chi connectivity index (χ1n) is 9.52. The van der Waals surface area contributed by atoms with Gasteiger partial charge in [-0.1, -0.05) is 30.4 Å². The molecule has 1 atom stereocenters. The second-order valence-electron chi connectivity index (χ2n) is 6.80. The summed E-state index contributed by atoms with van der Waals surface area (Å²) in [7, 11) is 3.42. The predicted octanol–water partition coefficient (Wildman–Crippen LogP) is 2.41. The van der Waals surface area contributed by atoms with E-state index >= 15 is 0 Å². The predicted molar refractivity (Wildman–Crippen MR) is 119 cm³/mol. The molecule has 0 saturated heterocycles. The molecule has 2 aromatic heterocycles. The third-order valence-corrected chi connectivity index (χ3v) is 5.34. The minimum absolute atomic E-state index is 0.00455. The van der Waals surface area contributed by atoms with Crippen LogP contribution < -0.4 is 14.4 Å². The molecule has 3 aromatic rings. The van der Waals surface area contributed by atoms with E-state index in [-0.39, 0.29) is 18.3 Å². The van der Waals surface area contributed by atoms with Gasteiger partial charge in [-0.15, -0.1) is 5.10 Å². The zero-order valence-corrected chi connectivity index (χ0v) is 17.8. The molecule has 1 aliphatic heterocycles. The number of amides is 1. The van der Waals surface area contributed by atoms with Crippen molar-refractivity contribution in [2.75, 3.05) is 25.7 Å². The van der Waals surface area contributed by atoms with Gasteiger partial charge < -0.3 is 14.4 Å². The molecule has 158 valence electrons. The highest BCUT2D eigenvalue weighted by molar-refractivity contribution is 7.80. The monoisotopic (exact) mass is 436 g/mol. The fourth-order valence-corrected chi connectivity index (χ4v) is 3.37. The second-order valence-corrected chi connectivity index (χ2v) is 7.22. The Labute approximate surface area is 184 Å². The lowest BCUT2D eigenvalue weighted by atomic mass is 10.1. The summed E-state index contributed by atoms with van der Waals surface area (Å²) >= 11 is 5.54. The average molecular weight is 436 g/mol. The highest BCUT2D eigenvalue weighted by Gasteiger charge is 2.26. The minimum Gasteiger partial charge on any atom is -0.496 e. The van der Waals surface area contributed by atoms with Crippen molar-refractivity contribution in [1.29, 1.82) is 0 Å². The van der Waals surface area contributed by atoms with Crippen LogP contribution in [0, 0.1) is 5.92 Å². The average Bonchev–Trinajstić information content (AvgIpc) is 3.23. The number of benzene rings is 1. The molecule has 0 aliphatic carbocycles. The van der Waals surface area contributed by atoms with Crippen molar-refractivity contribution in [1.82, 2.24) is 19.7 Å². The fourth-order valence-electron chi connectivity index (χ4n) is 3.15. The number of carbonyl (C=O) groups excluding carboxylic acids is 1. The molecule has 3 heterocycles. The van der Waals surface area contributed by atoms with Crippen LogP contribution in [-0.2, 0) is 6.54 Å². The number of anilines is 1. The largest absolute Gasteiger partial charge is 0.496 e. The molecular formula is C21H20N6O3S. The van der Waals surface area contributed by atoms with Crippen LogP contribution in [0.1, 0.15) is 16.2 Å². The first-order chi connectivity index (χ1) is 15.1. The summed E-state index contributed by atoms with van der Waals surface area (Å²) in [6.07, 6.45) is 4.64.